The number of benzene rings is 1. The normalized spacial score (nSPS) is 30.0. The van der Waals surface area contributed by atoms with Gasteiger partial charge in [0, 0.05) is 49.9 Å². The zero-order valence-electron chi connectivity index (χ0n) is 22.2. The van der Waals surface area contributed by atoms with E-state index >= 15 is 0 Å². The Labute approximate surface area is 221 Å². The van der Waals surface area contributed by atoms with Gasteiger partial charge in [0.15, 0.2) is 0 Å². The molecule has 200 valence electrons. The zero-order chi connectivity index (χ0) is 25.9. The Morgan fingerprint density at radius 2 is 1.92 bits per heavy atom. The van der Waals surface area contributed by atoms with E-state index in [-0.39, 0.29) is 28.5 Å². The summed E-state index contributed by atoms with van der Waals surface area (Å²) in [4.78, 5) is 17.0. The van der Waals surface area contributed by atoms with Crippen LogP contribution < -0.4 is 5.32 Å². The highest BCUT2D eigenvalue weighted by atomic mass is 32.2. The van der Waals surface area contributed by atoms with Gasteiger partial charge >= 0.3 is 0 Å². The second-order valence-electron chi connectivity index (χ2n) is 12.6. The van der Waals surface area contributed by atoms with E-state index in [0.29, 0.717) is 32.0 Å². The zero-order valence-corrected chi connectivity index (χ0v) is 23.0. The minimum atomic E-state index is -3.45. The summed E-state index contributed by atoms with van der Waals surface area (Å²) in [6, 6.07) is 8.63. The van der Waals surface area contributed by atoms with Gasteiger partial charge < -0.3 is 9.88 Å². The highest BCUT2D eigenvalue weighted by Gasteiger charge is 2.66. The van der Waals surface area contributed by atoms with E-state index in [9.17, 15) is 13.2 Å². The molecule has 2 aromatic rings. The van der Waals surface area contributed by atoms with Gasteiger partial charge in [0.05, 0.1) is 12.1 Å². The molecule has 3 fully saturated rings. The molecule has 1 aromatic heterocycles. The summed E-state index contributed by atoms with van der Waals surface area (Å²) in [5.41, 5.74) is 2.48. The smallest absolute Gasteiger partial charge is 0.222 e. The predicted molar refractivity (Wildman–Crippen MR) is 143 cm³/mol. The number of hydrogen-bond acceptors (Lipinski definition) is 4. The molecule has 8 heteroatoms. The van der Waals surface area contributed by atoms with Crippen molar-refractivity contribution in [1.82, 2.24) is 19.2 Å². The maximum atomic E-state index is 14.0. The van der Waals surface area contributed by atoms with E-state index in [1.54, 1.807) is 16.8 Å². The molecule has 4 aliphatic rings. The molecular formula is C29H40N4O3S. The number of hydrogen-bond donors (Lipinski definition) is 1. The van der Waals surface area contributed by atoms with Crippen LogP contribution in [-0.2, 0) is 33.2 Å². The SMILES string of the molecule is CC1(C)[C@@H]2CC[C@@]1(CS(=O)(=O)N1CCC3(CCc4ccccc43)CC1)[C@@H](NC(=O)CCn1ccnc1)C2. The molecular weight excluding hydrogens is 484 g/mol. The predicted octanol–water partition coefficient (Wildman–Crippen LogP) is 3.89. The second-order valence-corrected chi connectivity index (χ2v) is 14.6. The van der Waals surface area contributed by atoms with Gasteiger partial charge in [-0.05, 0) is 72.8 Å². The third-order valence-corrected chi connectivity index (χ3v) is 12.9. The van der Waals surface area contributed by atoms with E-state index in [2.05, 4.69) is 48.4 Å². The molecule has 1 spiro atoms. The molecule has 1 N–H and O–H groups in total. The summed E-state index contributed by atoms with van der Waals surface area (Å²) in [5.74, 6) is 0.583. The van der Waals surface area contributed by atoms with Crippen LogP contribution in [-0.4, -0.2) is 53.1 Å². The van der Waals surface area contributed by atoms with Gasteiger partial charge in [-0.3, -0.25) is 4.79 Å². The van der Waals surface area contributed by atoms with Gasteiger partial charge in [-0.25, -0.2) is 17.7 Å². The minimum absolute atomic E-state index is 0.00126. The lowest BCUT2D eigenvalue weighted by atomic mass is 9.69. The summed E-state index contributed by atoms with van der Waals surface area (Å²) in [6.45, 7) is 6.24. The molecule has 3 aliphatic carbocycles. The number of fused-ring (bicyclic) bond motifs is 4. The fourth-order valence-corrected chi connectivity index (χ4v) is 10.7. The number of carbonyl (C=O) groups is 1. The summed E-state index contributed by atoms with van der Waals surface area (Å²) in [7, 11) is -3.45. The minimum Gasteiger partial charge on any atom is -0.353 e. The van der Waals surface area contributed by atoms with Crippen molar-refractivity contribution in [2.45, 2.75) is 83.2 Å². The number of carbonyl (C=O) groups excluding carboxylic acids is 1. The van der Waals surface area contributed by atoms with Gasteiger partial charge in [-0.1, -0.05) is 38.1 Å². The largest absolute Gasteiger partial charge is 0.353 e. The summed E-state index contributed by atoms with van der Waals surface area (Å²) < 4.78 is 31.6. The van der Waals surface area contributed by atoms with Gasteiger partial charge in [-0.15, -0.1) is 0 Å². The molecule has 0 unspecified atom stereocenters. The van der Waals surface area contributed by atoms with Crippen molar-refractivity contribution < 1.29 is 13.2 Å². The molecule has 1 aliphatic heterocycles. The van der Waals surface area contributed by atoms with Crippen LogP contribution in [0.2, 0.25) is 0 Å². The molecule has 1 aromatic carbocycles. The highest BCUT2D eigenvalue weighted by Crippen LogP contribution is 2.66. The van der Waals surface area contributed by atoms with E-state index < -0.39 is 15.4 Å². The first-order chi connectivity index (χ1) is 17.7. The van der Waals surface area contributed by atoms with Crippen LogP contribution in [0.5, 0.6) is 0 Å². The van der Waals surface area contributed by atoms with Crippen LogP contribution in [0.25, 0.3) is 0 Å². The molecule has 1 saturated heterocycles. The molecule has 2 bridgehead atoms. The summed E-state index contributed by atoms with van der Waals surface area (Å²) in [5, 5.41) is 3.29. The Morgan fingerprint density at radius 1 is 1.14 bits per heavy atom. The number of nitrogens with zero attached hydrogens (tertiary/aromatic N) is 3. The molecule has 6 rings (SSSR count). The quantitative estimate of drug-likeness (QED) is 0.596. The maximum Gasteiger partial charge on any atom is 0.222 e. The number of sulfonamides is 1. The Kier molecular flexibility index (Phi) is 6.07. The highest BCUT2D eigenvalue weighted by molar-refractivity contribution is 7.89. The Morgan fingerprint density at radius 3 is 2.65 bits per heavy atom. The number of piperidine rings is 1. The lowest BCUT2D eigenvalue weighted by molar-refractivity contribution is -0.123. The lowest BCUT2D eigenvalue weighted by Gasteiger charge is -2.45. The second kappa shape index (κ2) is 8.94. The van der Waals surface area contributed by atoms with Crippen molar-refractivity contribution in [3.63, 3.8) is 0 Å². The Hall–Kier alpha value is -2.19. The molecule has 37 heavy (non-hydrogen) atoms. The van der Waals surface area contributed by atoms with E-state index in [0.717, 1.165) is 44.9 Å². The maximum absolute atomic E-state index is 14.0. The van der Waals surface area contributed by atoms with Crippen molar-refractivity contribution in [2.24, 2.45) is 16.7 Å². The van der Waals surface area contributed by atoms with Crippen LogP contribution in [0.15, 0.2) is 43.0 Å². The third kappa shape index (κ3) is 4.06. The first-order valence-corrected chi connectivity index (χ1v) is 15.6. The van der Waals surface area contributed by atoms with E-state index in [4.69, 9.17) is 0 Å². The van der Waals surface area contributed by atoms with Crippen LogP contribution in [0.3, 0.4) is 0 Å². The fraction of sp³-hybridized carbons (Fsp3) is 0.655. The first kappa shape index (κ1) is 25.1. The number of rotatable bonds is 7. The molecule has 1 amide bonds. The Balaban J connectivity index is 1.16. The van der Waals surface area contributed by atoms with E-state index in [1.165, 1.54) is 11.1 Å². The molecule has 2 heterocycles. The third-order valence-electron chi connectivity index (χ3n) is 10.9. The molecule has 3 atom stereocenters. The average molecular weight is 525 g/mol. The van der Waals surface area contributed by atoms with Crippen LogP contribution in [0.1, 0.15) is 69.9 Å². The van der Waals surface area contributed by atoms with Gasteiger partial charge in [0.25, 0.3) is 0 Å². The standard InChI is InChI=1S/C29H40N4O3S/c1-27(2)23-8-11-29(27,25(19-23)31-26(34)9-15-32-18-14-30-21-32)20-37(35,36)33-16-12-28(13-17-33)10-7-22-5-3-4-6-24(22)28/h3-6,14,18,21,23,25H,7-13,15-17,19-20H2,1-2H3,(H,31,34)/t23-,25+,29-/m1/s1. The molecule has 7 nitrogen and oxygen atoms in total. The van der Waals surface area contributed by atoms with Gasteiger partial charge in [0.2, 0.25) is 15.9 Å². The fourth-order valence-electron chi connectivity index (χ4n) is 8.43. The van der Waals surface area contributed by atoms with Crippen molar-refractivity contribution in [2.75, 3.05) is 18.8 Å². The van der Waals surface area contributed by atoms with Crippen LogP contribution in [0.4, 0.5) is 0 Å². The first-order valence-electron chi connectivity index (χ1n) is 14.0. The van der Waals surface area contributed by atoms with E-state index in [1.807, 2.05) is 10.8 Å². The molecule has 0 radical (unpaired) electrons. The number of aromatic nitrogens is 2. The van der Waals surface area contributed by atoms with Gasteiger partial charge in [-0.2, -0.15) is 0 Å². The average Bonchev–Trinajstić information content (AvgIpc) is 3.61. The number of amides is 1. The number of imidazole rings is 1. The van der Waals surface area contributed by atoms with Crippen molar-refractivity contribution >= 4 is 15.9 Å². The number of aryl methyl sites for hydroxylation is 2. The van der Waals surface area contributed by atoms with Crippen LogP contribution in [0, 0.1) is 16.7 Å². The van der Waals surface area contributed by atoms with Crippen molar-refractivity contribution in [3.05, 3.63) is 54.1 Å². The van der Waals surface area contributed by atoms with Crippen molar-refractivity contribution in [3.8, 4) is 0 Å². The molecule has 2 saturated carbocycles. The summed E-state index contributed by atoms with van der Waals surface area (Å²) in [6.07, 6.45) is 12.5. The van der Waals surface area contributed by atoms with Gasteiger partial charge in [0.1, 0.15) is 0 Å². The number of nitrogens with one attached hydrogen (secondary N) is 1. The van der Waals surface area contributed by atoms with Crippen molar-refractivity contribution in [1.29, 1.82) is 0 Å². The summed E-state index contributed by atoms with van der Waals surface area (Å²) >= 11 is 0. The van der Waals surface area contributed by atoms with Crippen LogP contribution >= 0.6 is 0 Å². The monoisotopic (exact) mass is 524 g/mol. The Bertz CT molecular complexity index is 1260. The topological polar surface area (TPSA) is 84.3 Å². The lowest BCUT2D eigenvalue weighted by Crippen LogP contribution is -2.55.